The van der Waals surface area contributed by atoms with Crippen LogP contribution in [-0.2, 0) is 16.1 Å². The van der Waals surface area contributed by atoms with Crippen molar-refractivity contribution in [1.82, 2.24) is 4.90 Å². The third kappa shape index (κ3) is 3.13. The molecule has 4 heteroatoms. The van der Waals surface area contributed by atoms with Crippen LogP contribution >= 0.6 is 0 Å². The minimum absolute atomic E-state index is 0.107. The maximum atomic E-state index is 12.8. The Bertz CT molecular complexity index is 440. The molecule has 19 heavy (non-hydrogen) atoms. The molecule has 0 radical (unpaired) electrons. The molecule has 0 N–H and O–H groups in total. The van der Waals surface area contributed by atoms with E-state index in [-0.39, 0.29) is 17.2 Å². The van der Waals surface area contributed by atoms with E-state index in [1.54, 1.807) is 12.1 Å². The molecule has 0 atom stereocenters. The summed E-state index contributed by atoms with van der Waals surface area (Å²) in [6, 6.07) is 6.47. The van der Waals surface area contributed by atoms with Gasteiger partial charge in [0.15, 0.2) is 0 Å². The van der Waals surface area contributed by atoms with E-state index in [0.717, 1.165) is 24.8 Å². The summed E-state index contributed by atoms with van der Waals surface area (Å²) in [5.41, 5.74) is 0.715. The molecule has 0 unspecified atom stereocenters. The maximum absolute atomic E-state index is 12.8. The predicted octanol–water partition coefficient (Wildman–Crippen LogP) is 2.60. The average molecular weight is 265 g/mol. The quantitative estimate of drug-likeness (QED) is 0.766. The third-order valence-corrected chi connectivity index (χ3v) is 3.87. The van der Waals surface area contributed by atoms with Gasteiger partial charge in [-0.05, 0) is 37.6 Å². The Balaban J connectivity index is 1.95. The molecule has 0 heterocycles. The van der Waals surface area contributed by atoms with Crippen LogP contribution < -0.4 is 0 Å². The zero-order chi connectivity index (χ0) is 13.9. The lowest BCUT2D eigenvalue weighted by Gasteiger charge is -2.41. The van der Waals surface area contributed by atoms with Crippen LogP contribution in [0.2, 0.25) is 0 Å². The molecule has 104 valence electrons. The second-order valence-corrected chi connectivity index (χ2v) is 5.42. The number of halogens is 1. The van der Waals surface area contributed by atoms with Crippen LogP contribution in [0.15, 0.2) is 24.3 Å². The first kappa shape index (κ1) is 14.0. The number of carbonyl (C=O) groups excluding carboxylic acids is 1. The monoisotopic (exact) mass is 265 g/mol. The molecule has 1 aliphatic rings. The van der Waals surface area contributed by atoms with Gasteiger partial charge in [-0.1, -0.05) is 18.6 Å². The molecule has 0 spiro atoms. The zero-order valence-corrected chi connectivity index (χ0v) is 11.5. The number of methoxy groups -OCH3 is 1. The van der Waals surface area contributed by atoms with Crippen molar-refractivity contribution >= 4 is 5.97 Å². The highest BCUT2D eigenvalue weighted by atomic mass is 19.1. The highest BCUT2D eigenvalue weighted by molar-refractivity contribution is 5.78. The van der Waals surface area contributed by atoms with Crippen molar-refractivity contribution in [2.24, 2.45) is 5.41 Å². The second-order valence-electron chi connectivity index (χ2n) is 5.42. The van der Waals surface area contributed by atoms with E-state index < -0.39 is 0 Å². The normalized spacial score (nSPS) is 17.1. The highest BCUT2D eigenvalue weighted by Crippen LogP contribution is 2.42. The molecule has 1 aromatic carbocycles. The van der Waals surface area contributed by atoms with Crippen molar-refractivity contribution in [2.75, 3.05) is 20.7 Å². The van der Waals surface area contributed by atoms with E-state index >= 15 is 0 Å². The molecule has 2 rings (SSSR count). The standard InChI is InChI=1S/C15H20FNO2/c1-17(10-12-4-6-13(16)7-5-12)11-15(8-3-9-15)14(18)19-2/h4-7H,3,8-11H2,1-2H3. The van der Waals surface area contributed by atoms with Crippen molar-refractivity contribution in [3.63, 3.8) is 0 Å². The van der Waals surface area contributed by atoms with Gasteiger partial charge >= 0.3 is 5.97 Å². The summed E-state index contributed by atoms with van der Waals surface area (Å²) >= 11 is 0. The van der Waals surface area contributed by atoms with Crippen LogP contribution in [0.5, 0.6) is 0 Å². The van der Waals surface area contributed by atoms with E-state index in [0.29, 0.717) is 13.1 Å². The summed E-state index contributed by atoms with van der Waals surface area (Å²) in [6.45, 7) is 1.40. The Hall–Kier alpha value is -1.42. The van der Waals surface area contributed by atoms with Crippen LogP contribution in [-0.4, -0.2) is 31.6 Å². The van der Waals surface area contributed by atoms with Crippen molar-refractivity contribution in [1.29, 1.82) is 0 Å². The Morgan fingerprint density at radius 2 is 2.00 bits per heavy atom. The SMILES string of the molecule is COC(=O)C1(CN(C)Cc2ccc(F)cc2)CCC1. The minimum Gasteiger partial charge on any atom is -0.469 e. The number of rotatable bonds is 5. The number of nitrogens with zero attached hydrogens (tertiary/aromatic N) is 1. The molecule has 0 aliphatic heterocycles. The van der Waals surface area contributed by atoms with Crippen LogP contribution in [0.3, 0.4) is 0 Å². The Kier molecular flexibility index (Phi) is 4.20. The van der Waals surface area contributed by atoms with Gasteiger partial charge in [-0.3, -0.25) is 4.79 Å². The van der Waals surface area contributed by atoms with Gasteiger partial charge in [-0.15, -0.1) is 0 Å². The lowest BCUT2D eigenvalue weighted by molar-refractivity contribution is -0.160. The van der Waals surface area contributed by atoms with Crippen molar-refractivity contribution in [3.8, 4) is 0 Å². The van der Waals surface area contributed by atoms with E-state index in [4.69, 9.17) is 4.74 Å². The lowest BCUT2D eigenvalue weighted by Crippen LogP contribution is -2.47. The Morgan fingerprint density at radius 1 is 1.37 bits per heavy atom. The van der Waals surface area contributed by atoms with Gasteiger partial charge in [0.05, 0.1) is 12.5 Å². The second kappa shape index (κ2) is 5.70. The van der Waals surface area contributed by atoms with Gasteiger partial charge in [0, 0.05) is 13.1 Å². The first-order chi connectivity index (χ1) is 9.05. The molecule has 1 aliphatic carbocycles. The molecule has 0 saturated heterocycles. The van der Waals surface area contributed by atoms with Crippen molar-refractivity contribution in [2.45, 2.75) is 25.8 Å². The molecular formula is C15H20FNO2. The van der Waals surface area contributed by atoms with Crippen LogP contribution in [0.1, 0.15) is 24.8 Å². The van der Waals surface area contributed by atoms with Gasteiger partial charge in [-0.2, -0.15) is 0 Å². The molecular weight excluding hydrogens is 245 g/mol. The molecule has 3 nitrogen and oxygen atoms in total. The van der Waals surface area contributed by atoms with Crippen molar-refractivity contribution in [3.05, 3.63) is 35.6 Å². The van der Waals surface area contributed by atoms with E-state index in [1.165, 1.54) is 19.2 Å². The fraction of sp³-hybridized carbons (Fsp3) is 0.533. The summed E-state index contributed by atoms with van der Waals surface area (Å²) in [7, 11) is 3.43. The summed E-state index contributed by atoms with van der Waals surface area (Å²) in [6.07, 6.45) is 2.88. The summed E-state index contributed by atoms with van der Waals surface area (Å²) in [5, 5.41) is 0. The molecule has 0 aromatic heterocycles. The topological polar surface area (TPSA) is 29.5 Å². The Morgan fingerprint density at radius 3 is 2.47 bits per heavy atom. The fourth-order valence-electron chi connectivity index (χ4n) is 2.72. The van der Waals surface area contributed by atoms with Gasteiger partial charge in [0.1, 0.15) is 5.82 Å². The van der Waals surface area contributed by atoms with Gasteiger partial charge in [0.2, 0.25) is 0 Å². The third-order valence-electron chi connectivity index (χ3n) is 3.87. The Labute approximate surface area is 113 Å². The molecule has 0 bridgehead atoms. The van der Waals surface area contributed by atoms with Crippen LogP contribution in [0.4, 0.5) is 4.39 Å². The summed E-state index contributed by atoms with van der Waals surface area (Å²) < 4.78 is 17.7. The molecule has 1 aromatic rings. The molecule has 1 fully saturated rings. The van der Waals surface area contributed by atoms with E-state index in [1.807, 2.05) is 7.05 Å². The number of ether oxygens (including phenoxy) is 1. The van der Waals surface area contributed by atoms with Gasteiger partial charge in [0.25, 0.3) is 0 Å². The lowest BCUT2D eigenvalue weighted by atomic mass is 9.68. The average Bonchev–Trinajstić information content (AvgIpc) is 2.36. The fourth-order valence-corrected chi connectivity index (χ4v) is 2.72. The van der Waals surface area contributed by atoms with Crippen molar-refractivity contribution < 1.29 is 13.9 Å². The highest BCUT2D eigenvalue weighted by Gasteiger charge is 2.45. The number of esters is 1. The van der Waals surface area contributed by atoms with Gasteiger partial charge in [-0.25, -0.2) is 4.39 Å². The number of hydrogen-bond donors (Lipinski definition) is 0. The first-order valence-corrected chi connectivity index (χ1v) is 6.57. The largest absolute Gasteiger partial charge is 0.469 e. The molecule has 0 amide bonds. The van der Waals surface area contributed by atoms with Crippen LogP contribution in [0, 0.1) is 11.2 Å². The van der Waals surface area contributed by atoms with Crippen LogP contribution in [0.25, 0.3) is 0 Å². The summed E-state index contributed by atoms with van der Waals surface area (Å²) in [4.78, 5) is 14.0. The number of benzene rings is 1. The first-order valence-electron chi connectivity index (χ1n) is 6.57. The summed E-state index contributed by atoms with van der Waals surface area (Å²) in [5.74, 6) is -0.332. The van der Waals surface area contributed by atoms with E-state index in [9.17, 15) is 9.18 Å². The maximum Gasteiger partial charge on any atom is 0.313 e. The smallest absolute Gasteiger partial charge is 0.313 e. The molecule has 1 saturated carbocycles. The zero-order valence-electron chi connectivity index (χ0n) is 11.5. The van der Waals surface area contributed by atoms with Gasteiger partial charge < -0.3 is 9.64 Å². The predicted molar refractivity (Wildman–Crippen MR) is 71.0 cm³/mol. The van der Waals surface area contributed by atoms with E-state index in [2.05, 4.69) is 4.90 Å². The minimum atomic E-state index is -0.330. The number of hydrogen-bond acceptors (Lipinski definition) is 3. The number of carbonyl (C=O) groups is 1.